The summed E-state index contributed by atoms with van der Waals surface area (Å²) in [6, 6.07) is 29.8. The lowest BCUT2D eigenvalue weighted by Crippen LogP contribution is -2.16. The molecule has 0 saturated carbocycles. The molecule has 0 radical (unpaired) electrons. The van der Waals surface area contributed by atoms with Gasteiger partial charge in [-0.05, 0) is 49.2 Å². The first-order valence-corrected chi connectivity index (χ1v) is 10.7. The van der Waals surface area contributed by atoms with E-state index in [0.717, 1.165) is 33.9 Å². The minimum atomic E-state index is -0.0393. The van der Waals surface area contributed by atoms with Crippen LogP contribution in [0.25, 0.3) is 0 Å². The van der Waals surface area contributed by atoms with Gasteiger partial charge in [-0.15, -0.1) is 0 Å². The van der Waals surface area contributed by atoms with E-state index in [-0.39, 0.29) is 11.8 Å². The Balaban J connectivity index is 1.49. The highest BCUT2D eigenvalue weighted by Crippen LogP contribution is 2.28. The summed E-state index contributed by atoms with van der Waals surface area (Å²) >= 11 is 0. The van der Waals surface area contributed by atoms with Crippen LogP contribution in [0.3, 0.4) is 0 Å². The van der Waals surface area contributed by atoms with Gasteiger partial charge in [-0.3, -0.25) is 4.79 Å². The van der Waals surface area contributed by atoms with Crippen LogP contribution in [0.1, 0.15) is 34.9 Å². The number of hydrogen-bond acceptors (Lipinski definition) is 4. The first-order valence-electron chi connectivity index (χ1n) is 10.7. The number of aromatic nitrogens is 2. The Bertz CT molecular complexity index is 1130. The number of nitrogens with one attached hydrogen (secondary N) is 2. The minimum Gasteiger partial charge on any atom is -0.326 e. The van der Waals surface area contributed by atoms with E-state index in [2.05, 4.69) is 44.9 Å². The molecule has 0 atom stereocenters. The van der Waals surface area contributed by atoms with Crippen LogP contribution in [0.2, 0.25) is 0 Å². The Labute approximate surface area is 188 Å². The van der Waals surface area contributed by atoms with Gasteiger partial charge in [-0.2, -0.15) is 0 Å². The average Bonchev–Trinajstić information content (AvgIpc) is 2.78. The van der Waals surface area contributed by atoms with Crippen LogP contribution in [0.15, 0.2) is 91.0 Å². The van der Waals surface area contributed by atoms with Gasteiger partial charge >= 0.3 is 0 Å². The molecule has 0 aliphatic carbocycles. The topological polar surface area (TPSA) is 66.9 Å². The lowest BCUT2D eigenvalue weighted by atomic mass is 9.88. The molecule has 3 aromatic carbocycles. The van der Waals surface area contributed by atoms with Crippen molar-refractivity contribution in [3.63, 3.8) is 0 Å². The van der Waals surface area contributed by atoms with Crippen molar-refractivity contribution < 1.29 is 4.79 Å². The molecule has 0 aliphatic heterocycles. The number of amides is 1. The second-order valence-electron chi connectivity index (χ2n) is 7.81. The van der Waals surface area contributed by atoms with E-state index in [4.69, 9.17) is 0 Å². The van der Waals surface area contributed by atoms with Crippen LogP contribution >= 0.6 is 0 Å². The fourth-order valence-electron chi connectivity index (χ4n) is 3.78. The Morgan fingerprint density at radius 1 is 0.750 bits per heavy atom. The van der Waals surface area contributed by atoms with Gasteiger partial charge in [0.25, 0.3) is 0 Å². The second-order valence-corrected chi connectivity index (χ2v) is 7.81. The number of hydrogen-bond donors (Lipinski definition) is 2. The summed E-state index contributed by atoms with van der Waals surface area (Å²) in [5.74, 6) is 0.490. The lowest BCUT2D eigenvalue weighted by Gasteiger charge is -2.18. The molecule has 0 bridgehead atoms. The summed E-state index contributed by atoms with van der Waals surface area (Å²) in [6.45, 7) is 3.87. The molecule has 1 amide bonds. The smallest absolute Gasteiger partial charge is 0.227 e. The Morgan fingerprint density at radius 3 is 1.91 bits per heavy atom. The standard InChI is InChI=1S/C27H26N4O/c1-19-16-20(2)29-27(28-19)31-24-15-9-14-23(17-24)30-26(32)18-25(21-10-5-3-6-11-21)22-12-7-4-8-13-22/h3-17,25H,18H2,1-2H3,(H,30,32)(H,28,29,31). The number of rotatable bonds is 7. The predicted octanol–water partition coefficient (Wildman–Crippen LogP) is 6.00. The molecule has 0 spiro atoms. The zero-order valence-corrected chi connectivity index (χ0v) is 18.2. The number of nitrogens with zero attached hydrogens (tertiary/aromatic N) is 2. The summed E-state index contributed by atoms with van der Waals surface area (Å²) < 4.78 is 0. The van der Waals surface area contributed by atoms with Crippen LogP contribution < -0.4 is 10.6 Å². The van der Waals surface area contributed by atoms with E-state index in [9.17, 15) is 4.79 Å². The third kappa shape index (κ3) is 5.58. The number of carbonyl (C=O) groups is 1. The Kier molecular flexibility index (Phi) is 6.56. The van der Waals surface area contributed by atoms with Crippen LogP contribution in [0.5, 0.6) is 0 Å². The molecular formula is C27H26N4O. The molecule has 1 heterocycles. The van der Waals surface area contributed by atoms with Crippen LogP contribution in [-0.2, 0) is 4.79 Å². The van der Waals surface area contributed by atoms with Gasteiger partial charge in [-0.1, -0.05) is 66.7 Å². The van der Waals surface area contributed by atoms with Gasteiger partial charge in [0.05, 0.1) is 0 Å². The number of anilines is 3. The third-order valence-corrected chi connectivity index (χ3v) is 5.18. The Morgan fingerprint density at radius 2 is 1.31 bits per heavy atom. The second kappa shape index (κ2) is 9.88. The average molecular weight is 423 g/mol. The first-order chi connectivity index (χ1) is 15.6. The molecule has 0 fully saturated rings. The number of aryl methyl sites for hydroxylation is 2. The summed E-state index contributed by atoms with van der Waals surface area (Å²) in [5.41, 5.74) is 5.59. The summed E-state index contributed by atoms with van der Waals surface area (Å²) in [7, 11) is 0. The molecule has 32 heavy (non-hydrogen) atoms. The molecule has 0 saturated heterocycles. The normalized spacial score (nSPS) is 10.7. The maximum absolute atomic E-state index is 13.0. The first kappa shape index (κ1) is 21.2. The number of benzene rings is 3. The van der Waals surface area contributed by atoms with E-state index in [1.54, 1.807) is 0 Å². The van der Waals surface area contributed by atoms with Gasteiger partial charge < -0.3 is 10.6 Å². The molecule has 1 aromatic heterocycles. The van der Waals surface area contributed by atoms with Gasteiger partial charge in [0, 0.05) is 35.1 Å². The van der Waals surface area contributed by atoms with Gasteiger partial charge in [0.15, 0.2) is 0 Å². The molecule has 4 aromatic rings. The highest BCUT2D eigenvalue weighted by atomic mass is 16.1. The molecule has 0 aliphatic rings. The third-order valence-electron chi connectivity index (χ3n) is 5.18. The Hall–Kier alpha value is -3.99. The van der Waals surface area contributed by atoms with Crippen molar-refractivity contribution in [3.8, 4) is 0 Å². The summed E-state index contributed by atoms with van der Waals surface area (Å²) in [4.78, 5) is 21.8. The van der Waals surface area contributed by atoms with E-state index >= 15 is 0 Å². The molecule has 160 valence electrons. The zero-order chi connectivity index (χ0) is 22.3. The van der Waals surface area contributed by atoms with Crippen LogP contribution in [0.4, 0.5) is 17.3 Å². The molecule has 0 unspecified atom stereocenters. The molecule has 4 rings (SSSR count). The lowest BCUT2D eigenvalue weighted by molar-refractivity contribution is -0.116. The van der Waals surface area contributed by atoms with Crippen molar-refractivity contribution in [2.45, 2.75) is 26.2 Å². The van der Waals surface area contributed by atoms with E-state index < -0.39 is 0 Å². The highest BCUT2D eigenvalue weighted by molar-refractivity contribution is 5.92. The fourth-order valence-corrected chi connectivity index (χ4v) is 3.78. The van der Waals surface area contributed by atoms with Crippen LogP contribution in [0, 0.1) is 13.8 Å². The number of carbonyl (C=O) groups excluding carboxylic acids is 1. The maximum Gasteiger partial charge on any atom is 0.227 e. The quantitative estimate of drug-likeness (QED) is 0.383. The summed E-state index contributed by atoms with van der Waals surface area (Å²) in [6.07, 6.45) is 0.353. The van der Waals surface area contributed by atoms with Gasteiger partial charge in [0.1, 0.15) is 0 Å². The molecule has 5 nitrogen and oxygen atoms in total. The van der Waals surface area contributed by atoms with E-state index in [0.29, 0.717) is 12.4 Å². The monoisotopic (exact) mass is 422 g/mol. The van der Waals surface area contributed by atoms with Gasteiger partial charge in [-0.25, -0.2) is 9.97 Å². The van der Waals surface area contributed by atoms with Crippen molar-refractivity contribution in [2.75, 3.05) is 10.6 Å². The van der Waals surface area contributed by atoms with Crippen LogP contribution in [-0.4, -0.2) is 15.9 Å². The fraction of sp³-hybridized carbons (Fsp3) is 0.148. The summed E-state index contributed by atoms with van der Waals surface area (Å²) in [5, 5.41) is 6.26. The largest absolute Gasteiger partial charge is 0.326 e. The van der Waals surface area contributed by atoms with Crippen molar-refractivity contribution >= 4 is 23.2 Å². The van der Waals surface area contributed by atoms with Crippen molar-refractivity contribution in [1.82, 2.24) is 9.97 Å². The molecule has 5 heteroatoms. The zero-order valence-electron chi connectivity index (χ0n) is 18.2. The maximum atomic E-state index is 13.0. The van der Waals surface area contributed by atoms with E-state index in [1.807, 2.05) is 80.6 Å². The van der Waals surface area contributed by atoms with Crippen molar-refractivity contribution in [3.05, 3.63) is 114 Å². The van der Waals surface area contributed by atoms with E-state index in [1.165, 1.54) is 0 Å². The molecule has 2 N–H and O–H groups in total. The minimum absolute atomic E-state index is 0.0117. The van der Waals surface area contributed by atoms with Gasteiger partial charge in [0.2, 0.25) is 11.9 Å². The SMILES string of the molecule is Cc1cc(C)nc(Nc2cccc(NC(=O)CC(c3ccccc3)c3ccccc3)c2)n1. The molecular weight excluding hydrogens is 396 g/mol. The highest BCUT2D eigenvalue weighted by Gasteiger charge is 2.18. The van der Waals surface area contributed by atoms with Crippen molar-refractivity contribution in [2.24, 2.45) is 0 Å². The van der Waals surface area contributed by atoms with Crippen molar-refractivity contribution in [1.29, 1.82) is 0 Å². The predicted molar refractivity (Wildman–Crippen MR) is 129 cm³/mol.